The lowest BCUT2D eigenvalue weighted by atomic mass is 10.2. The second-order valence-corrected chi connectivity index (χ2v) is 7.95. The molecule has 0 fully saturated rings. The van der Waals surface area contributed by atoms with Crippen LogP contribution in [0.2, 0.25) is 0 Å². The number of hydrogen-bond donors (Lipinski definition) is 0. The van der Waals surface area contributed by atoms with Gasteiger partial charge in [0.2, 0.25) is 0 Å². The first-order valence-electron chi connectivity index (χ1n) is 5.37. The Balaban J connectivity index is 1.99. The van der Waals surface area contributed by atoms with Crippen LogP contribution in [0.15, 0.2) is 45.1 Å². The van der Waals surface area contributed by atoms with Gasteiger partial charge in [-0.2, -0.15) is 5.26 Å². The van der Waals surface area contributed by atoms with Crippen molar-refractivity contribution in [3.63, 3.8) is 0 Å². The van der Waals surface area contributed by atoms with E-state index in [0.29, 0.717) is 11.3 Å². The molecule has 7 heteroatoms. The van der Waals surface area contributed by atoms with Crippen LogP contribution in [0.4, 0.5) is 0 Å². The molecule has 0 aliphatic rings. The third-order valence-electron chi connectivity index (χ3n) is 2.33. The number of nitriles is 1. The molecule has 1 aromatic carbocycles. The Hall–Kier alpha value is -1.36. The van der Waals surface area contributed by atoms with E-state index in [0.717, 1.165) is 4.34 Å². The van der Waals surface area contributed by atoms with Crippen molar-refractivity contribution in [3.05, 3.63) is 41.4 Å². The minimum atomic E-state index is -3.29. The maximum absolute atomic E-state index is 12.0. The number of rotatable bonds is 5. The first-order chi connectivity index (χ1) is 9.12. The van der Waals surface area contributed by atoms with Crippen molar-refractivity contribution in [2.45, 2.75) is 9.24 Å². The van der Waals surface area contributed by atoms with Gasteiger partial charge in [0.25, 0.3) is 0 Å². The third-order valence-corrected chi connectivity index (χ3v) is 6.29. The van der Waals surface area contributed by atoms with E-state index in [2.05, 4.69) is 4.98 Å². The molecule has 0 N–H and O–H groups in total. The Morgan fingerprint density at radius 1 is 1.32 bits per heavy atom. The van der Waals surface area contributed by atoms with Gasteiger partial charge in [-0.15, -0.1) is 11.3 Å². The fraction of sp³-hybridized carbons (Fsp3) is 0.167. The minimum Gasteiger partial charge on any atom is -0.238 e. The molecule has 0 spiro atoms. The highest BCUT2D eigenvalue weighted by molar-refractivity contribution is 8.02. The van der Waals surface area contributed by atoms with Crippen molar-refractivity contribution in [1.82, 2.24) is 4.98 Å². The monoisotopic (exact) mass is 310 g/mol. The van der Waals surface area contributed by atoms with Gasteiger partial charge in [-0.25, -0.2) is 13.4 Å². The van der Waals surface area contributed by atoms with Gasteiger partial charge >= 0.3 is 0 Å². The van der Waals surface area contributed by atoms with E-state index in [9.17, 15) is 8.42 Å². The SMILES string of the molecule is N#Cc1ccc(S(=O)(=O)CCSc2nccs2)cc1. The summed E-state index contributed by atoms with van der Waals surface area (Å²) in [5, 5.41) is 10.5. The largest absolute Gasteiger partial charge is 0.238 e. The number of benzene rings is 1. The zero-order valence-corrected chi connectivity index (χ0v) is 12.3. The standard InChI is InChI=1S/C12H10N2O2S3/c13-9-10-1-3-11(4-2-10)19(15,16)8-7-18-12-14-5-6-17-12/h1-6H,7-8H2. The number of thioether (sulfide) groups is 1. The van der Waals surface area contributed by atoms with Gasteiger partial charge in [0.05, 0.1) is 22.3 Å². The van der Waals surface area contributed by atoms with Gasteiger partial charge in [0.1, 0.15) is 4.34 Å². The van der Waals surface area contributed by atoms with Gasteiger partial charge in [-0.05, 0) is 24.3 Å². The lowest BCUT2D eigenvalue weighted by Gasteiger charge is -2.03. The summed E-state index contributed by atoms with van der Waals surface area (Å²) in [7, 11) is -3.29. The van der Waals surface area contributed by atoms with E-state index in [-0.39, 0.29) is 10.6 Å². The van der Waals surface area contributed by atoms with E-state index in [1.165, 1.54) is 47.4 Å². The van der Waals surface area contributed by atoms with E-state index in [1.54, 1.807) is 6.20 Å². The molecule has 0 bridgehead atoms. The predicted octanol–water partition coefficient (Wildman–Crippen LogP) is 2.58. The van der Waals surface area contributed by atoms with Crippen molar-refractivity contribution in [2.24, 2.45) is 0 Å². The van der Waals surface area contributed by atoms with Crippen molar-refractivity contribution in [1.29, 1.82) is 5.26 Å². The molecule has 0 aliphatic heterocycles. The molecule has 1 heterocycles. The Morgan fingerprint density at radius 2 is 2.05 bits per heavy atom. The molecule has 0 radical (unpaired) electrons. The quantitative estimate of drug-likeness (QED) is 0.794. The molecule has 0 aliphatic carbocycles. The van der Waals surface area contributed by atoms with E-state index >= 15 is 0 Å². The molecule has 2 aromatic rings. The van der Waals surface area contributed by atoms with Crippen LogP contribution < -0.4 is 0 Å². The predicted molar refractivity (Wildman–Crippen MR) is 76.0 cm³/mol. The van der Waals surface area contributed by atoms with Crippen LogP contribution in [-0.4, -0.2) is 24.9 Å². The van der Waals surface area contributed by atoms with Crippen LogP contribution in [-0.2, 0) is 9.84 Å². The number of nitrogens with zero attached hydrogens (tertiary/aromatic N) is 2. The van der Waals surface area contributed by atoms with Gasteiger partial charge in [-0.3, -0.25) is 0 Å². The summed E-state index contributed by atoms with van der Waals surface area (Å²) in [6.07, 6.45) is 1.70. The first-order valence-corrected chi connectivity index (χ1v) is 8.89. The zero-order chi connectivity index (χ0) is 13.7. The molecule has 19 heavy (non-hydrogen) atoms. The van der Waals surface area contributed by atoms with E-state index in [4.69, 9.17) is 5.26 Å². The number of hydrogen-bond acceptors (Lipinski definition) is 6. The number of sulfone groups is 1. The van der Waals surface area contributed by atoms with Crippen LogP contribution in [0, 0.1) is 11.3 Å². The molecular formula is C12H10N2O2S3. The van der Waals surface area contributed by atoms with Crippen LogP contribution in [0.5, 0.6) is 0 Å². The molecule has 0 saturated carbocycles. The summed E-state index contributed by atoms with van der Waals surface area (Å²) in [5.41, 5.74) is 0.455. The smallest absolute Gasteiger partial charge is 0.179 e. The highest BCUT2D eigenvalue weighted by atomic mass is 32.2. The first kappa shape index (κ1) is 14.1. The highest BCUT2D eigenvalue weighted by Gasteiger charge is 2.14. The molecule has 2 rings (SSSR count). The second kappa shape index (κ2) is 6.19. The summed E-state index contributed by atoms with van der Waals surface area (Å²) >= 11 is 2.93. The topological polar surface area (TPSA) is 70.8 Å². The highest BCUT2D eigenvalue weighted by Crippen LogP contribution is 2.21. The van der Waals surface area contributed by atoms with Crippen molar-refractivity contribution >= 4 is 32.9 Å². The maximum atomic E-state index is 12.0. The fourth-order valence-corrected chi connectivity index (χ4v) is 4.73. The molecule has 98 valence electrons. The molecule has 0 unspecified atom stereocenters. The molecule has 0 atom stereocenters. The average Bonchev–Trinajstić information content (AvgIpc) is 2.92. The van der Waals surface area contributed by atoms with Gasteiger partial charge < -0.3 is 0 Å². The molecular weight excluding hydrogens is 300 g/mol. The maximum Gasteiger partial charge on any atom is 0.179 e. The summed E-state index contributed by atoms with van der Waals surface area (Å²) in [6.45, 7) is 0. The Kier molecular flexibility index (Phi) is 4.58. The molecule has 4 nitrogen and oxygen atoms in total. The van der Waals surface area contributed by atoms with Gasteiger partial charge in [0.15, 0.2) is 9.84 Å². The molecule has 1 aromatic heterocycles. The summed E-state index contributed by atoms with van der Waals surface area (Å²) < 4.78 is 25.0. The Morgan fingerprint density at radius 3 is 2.63 bits per heavy atom. The summed E-state index contributed by atoms with van der Waals surface area (Å²) in [5.74, 6) is 0.527. The number of thiazole rings is 1. The zero-order valence-electron chi connectivity index (χ0n) is 9.81. The van der Waals surface area contributed by atoms with Crippen molar-refractivity contribution in [2.75, 3.05) is 11.5 Å². The van der Waals surface area contributed by atoms with Crippen molar-refractivity contribution in [3.8, 4) is 6.07 Å². The van der Waals surface area contributed by atoms with E-state index in [1.807, 2.05) is 11.4 Å². The third kappa shape index (κ3) is 3.80. The lowest BCUT2D eigenvalue weighted by molar-refractivity contribution is 0.597. The average molecular weight is 310 g/mol. The van der Waals surface area contributed by atoms with Gasteiger partial charge in [-0.1, -0.05) is 11.8 Å². The Labute approximate surface area is 120 Å². The fourth-order valence-electron chi connectivity index (χ4n) is 1.37. The van der Waals surface area contributed by atoms with Gasteiger partial charge in [0, 0.05) is 17.3 Å². The summed E-state index contributed by atoms with van der Waals surface area (Å²) in [4.78, 5) is 4.34. The van der Waals surface area contributed by atoms with Crippen LogP contribution in [0.3, 0.4) is 0 Å². The van der Waals surface area contributed by atoms with Crippen LogP contribution in [0.1, 0.15) is 5.56 Å². The minimum absolute atomic E-state index is 0.0587. The van der Waals surface area contributed by atoms with Crippen LogP contribution in [0.25, 0.3) is 0 Å². The Bertz CT molecular complexity index is 671. The van der Waals surface area contributed by atoms with E-state index < -0.39 is 9.84 Å². The summed E-state index contributed by atoms with van der Waals surface area (Å²) in [6, 6.07) is 7.94. The van der Waals surface area contributed by atoms with Crippen molar-refractivity contribution < 1.29 is 8.42 Å². The number of aromatic nitrogens is 1. The molecule has 0 amide bonds. The van der Waals surface area contributed by atoms with Crippen LogP contribution >= 0.6 is 23.1 Å². The normalized spacial score (nSPS) is 11.1. The lowest BCUT2D eigenvalue weighted by Crippen LogP contribution is -2.08. The second-order valence-electron chi connectivity index (χ2n) is 3.60. The molecule has 0 saturated heterocycles.